The van der Waals surface area contributed by atoms with E-state index in [0.29, 0.717) is 5.40 Å². The van der Waals surface area contributed by atoms with Gasteiger partial charge < -0.3 is 0 Å². The molecule has 0 spiro atoms. The molecule has 0 atom stereocenters. The molecule has 0 nitrogen and oxygen atoms in total. The van der Waals surface area contributed by atoms with Crippen LogP contribution >= 0.6 is 15.8 Å². The van der Waals surface area contributed by atoms with Gasteiger partial charge in [0.1, 0.15) is 0 Å². The van der Waals surface area contributed by atoms with Crippen molar-refractivity contribution in [1.82, 2.24) is 0 Å². The van der Waals surface area contributed by atoms with Crippen molar-refractivity contribution in [1.29, 1.82) is 0 Å². The van der Waals surface area contributed by atoms with Gasteiger partial charge in [-0.1, -0.05) is 206 Å². The number of hydrogen-bond donors (Lipinski definition) is 0. The number of hydrogen-bond acceptors (Lipinski definition) is 0. The van der Waals surface area contributed by atoms with Crippen molar-refractivity contribution in [3.8, 4) is 0 Å². The van der Waals surface area contributed by atoms with Crippen LogP contribution in [0.3, 0.4) is 0 Å². The molecule has 4 aromatic carbocycles. The van der Waals surface area contributed by atoms with Crippen LogP contribution in [0.1, 0.15) is 235 Å². The average molecular weight is 903 g/mol. The SMILES string of the molecule is CCCCCC(P(c1cccc(CCCC)c1CCCC)c1cccc(CCCC)c1CCCC)P(c1cccc(CCCC)c1CCCC)c1cccc(CCCC)c1CCCC. The van der Waals surface area contributed by atoms with E-state index >= 15 is 0 Å². The zero-order chi connectivity index (χ0) is 45.9. The molecule has 4 aromatic rings. The van der Waals surface area contributed by atoms with Crippen LogP contribution in [0, 0.1) is 0 Å². The van der Waals surface area contributed by atoms with E-state index in [-0.39, 0.29) is 0 Å². The van der Waals surface area contributed by atoms with Crippen LogP contribution in [0.15, 0.2) is 72.8 Å². The van der Waals surface area contributed by atoms with Gasteiger partial charge in [-0.2, -0.15) is 0 Å². The average Bonchev–Trinajstić information content (AvgIpc) is 3.32. The summed E-state index contributed by atoms with van der Waals surface area (Å²) in [6.45, 7) is 21.6. The Morgan fingerprint density at radius 3 is 0.750 bits per heavy atom. The first-order chi connectivity index (χ1) is 31.5. The van der Waals surface area contributed by atoms with Crippen molar-refractivity contribution in [2.45, 2.75) is 247 Å². The van der Waals surface area contributed by atoms with Crippen molar-refractivity contribution in [2.24, 2.45) is 0 Å². The summed E-state index contributed by atoms with van der Waals surface area (Å²) in [6, 6.07) is 31.0. The quantitative estimate of drug-likeness (QED) is 0.0324. The van der Waals surface area contributed by atoms with Crippen molar-refractivity contribution in [3.05, 3.63) is 117 Å². The number of aryl methyl sites for hydroxylation is 4. The first kappa shape index (κ1) is 54.3. The monoisotopic (exact) mass is 903 g/mol. The second kappa shape index (κ2) is 31.7. The highest BCUT2D eigenvalue weighted by Gasteiger charge is 2.38. The molecule has 0 aliphatic carbocycles. The first-order valence-electron chi connectivity index (χ1n) is 27.5. The van der Waals surface area contributed by atoms with E-state index < -0.39 is 15.8 Å². The Morgan fingerprint density at radius 2 is 0.516 bits per heavy atom. The van der Waals surface area contributed by atoms with Crippen LogP contribution in [-0.4, -0.2) is 5.40 Å². The van der Waals surface area contributed by atoms with Crippen molar-refractivity contribution >= 4 is 37.1 Å². The normalized spacial score (nSPS) is 11.8. The van der Waals surface area contributed by atoms with E-state index in [9.17, 15) is 0 Å². The predicted octanol–water partition coefficient (Wildman–Crippen LogP) is 17.9. The second-order valence-electron chi connectivity index (χ2n) is 19.2. The van der Waals surface area contributed by atoms with Crippen molar-refractivity contribution < 1.29 is 0 Å². The van der Waals surface area contributed by atoms with E-state index in [2.05, 4.69) is 135 Å². The minimum absolute atomic E-state index is 0.559. The summed E-state index contributed by atoms with van der Waals surface area (Å²) in [7, 11) is -1.44. The van der Waals surface area contributed by atoms with Gasteiger partial charge in [-0.15, -0.1) is 0 Å². The van der Waals surface area contributed by atoms with Gasteiger partial charge >= 0.3 is 0 Å². The Hall–Kier alpha value is -2.26. The van der Waals surface area contributed by atoms with Gasteiger partial charge in [0, 0.05) is 5.40 Å². The molecule has 0 bridgehead atoms. The Kier molecular flexibility index (Phi) is 26.9. The molecule has 354 valence electrons. The van der Waals surface area contributed by atoms with Gasteiger partial charge in [0.15, 0.2) is 0 Å². The van der Waals surface area contributed by atoms with E-state index in [4.69, 9.17) is 0 Å². The zero-order valence-electron chi connectivity index (χ0n) is 43.2. The highest BCUT2D eigenvalue weighted by Crippen LogP contribution is 2.60. The summed E-state index contributed by atoms with van der Waals surface area (Å²) >= 11 is 0. The highest BCUT2D eigenvalue weighted by atomic mass is 31.2. The smallest absolute Gasteiger partial charge is 0.0155 e. The van der Waals surface area contributed by atoms with Gasteiger partial charge in [-0.05, 0) is 191 Å². The third-order valence-corrected chi connectivity index (χ3v) is 20.9. The molecule has 0 radical (unpaired) electrons. The molecular formula is C62H96P2. The molecule has 0 aliphatic heterocycles. The third kappa shape index (κ3) is 15.7. The molecule has 2 heteroatoms. The van der Waals surface area contributed by atoms with Crippen LogP contribution in [-0.2, 0) is 51.4 Å². The predicted molar refractivity (Wildman–Crippen MR) is 295 cm³/mol. The fourth-order valence-corrected chi connectivity index (χ4v) is 18.5. The number of rotatable bonds is 34. The molecule has 0 fully saturated rings. The summed E-state index contributed by atoms with van der Waals surface area (Å²) in [4.78, 5) is 0. The maximum absolute atomic E-state index is 2.69. The molecule has 64 heavy (non-hydrogen) atoms. The van der Waals surface area contributed by atoms with Gasteiger partial charge in [0.25, 0.3) is 0 Å². The van der Waals surface area contributed by atoms with E-state index in [1.807, 2.05) is 0 Å². The molecule has 0 N–H and O–H groups in total. The Balaban J connectivity index is 2.31. The standard InChI is InChI=1S/C62H96P2/c1-10-19-28-49-62(63(58-45-29-37-50(33-20-11-2)54(58)41-24-15-6)59-46-30-38-51(34-21-12-3)55(59)42-25-16-7)64(60-47-31-39-52(35-22-13-4)56(60)43-26-17-8)61-48-32-40-53(36-23-14-5)57(61)44-27-18-9/h29-32,37-40,45-48,62H,10-28,33-36,41-44,49H2,1-9H3. The Morgan fingerprint density at radius 1 is 0.281 bits per heavy atom. The van der Waals surface area contributed by atoms with Crippen LogP contribution in [0.4, 0.5) is 0 Å². The summed E-state index contributed by atoms with van der Waals surface area (Å²) < 4.78 is 0. The molecule has 0 heterocycles. The molecule has 0 saturated heterocycles. The van der Waals surface area contributed by atoms with Crippen molar-refractivity contribution in [2.75, 3.05) is 0 Å². The van der Waals surface area contributed by atoms with Crippen molar-refractivity contribution in [3.63, 3.8) is 0 Å². The highest BCUT2D eigenvalue weighted by molar-refractivity contribution is 7.89. The lowest BCUT2D eigenvalue weighted by Crippen LogP contribution is -2.33. The maximum Gasteiger partial charge on any atom is 0.0155 e. The zero-order valence-corrected chi connectivity index (χ0v) is 45.0. The van der Waals surface area contributed by atoms with Gasteiger partial charge in [0.05, 0.1) is 0 Å². The largest absolute Gasteiger partial charge is 0.0654 e. The lowest BCUT2D eigenvalue weighted by Gasteiger charge is -2.40. The first-order valence-corrected chi connectivity index (χ1v) is 30.3. The summed E-state index contributed by atoms with van der Waals surface area (Å²) in [5.41, 5.74) is 13.6. The van der Waals surface area contributed by atoms with Crippen LogP contribution in [0.5, 0.6) is 0 Å². The minimum atomic E-state index is -0.718. The summed E-state index contributed by atoms with van der Waals surface area (Å²) in [6.07, 6.45) is 35.1. The fraction of sp³-hybridized carbons (Fsp3) is 0.613. The number of benzene rings is 4. The minimum Gasteiger partial charge on any atom is -0.0654 e. The van der Waals surface area contributed by atoms with Gasteiger partial charge in [-0.25, -0.2) is 0 Å². The molecule has 0 amide bonds. The maximum atomic E-state index is 2.69. The van der Waals surface area contributed by atoms with Gasteiger partial charge in [-0.3, -0.25) is 0 Å². The Bertz CT molecular complexity index is 1610. The van der Waals surface area contributed by atoms with Crippen LogP contribution in [0.2, 0.25) is 0 Å². The Labute approximate surface area is 399 Å². The van der Waals surface area contributed by atoms with E-state index in [0.717, 1.165) is 0 Å². The van der Waals surface area contributed by atoms with E-state index in [1.165, 1.54) is 180 Å². The van der Waals surface area contributed by atoms with E-state index in [1.54, 1.807) is 65.7 Å². The molecule has 0 aliphatic rings. The van der Waals surface area contributed by atoms with Crippen LogP contribution in [0.25, 0.3) is 0 Å². The fourth-order valence-electron chi connectivity index (χ4n) is 10.2. The third-order valence-electron chi connectivity index (χ3n) is 14.0. The summed E-state index contributed by atoms with van der Waals surface area (Å²) in [5, 5.41) is 7.58. The molecular weight excluding hydrogens is 807 g/mol. The molecule has 0 saturated carbocycles. The van der Waals surface area contributed by atoms with Gasteiger partial charge in [0.2, 0.25) is 0 Å². The topological polar surface area (TPSA) is 0 Å². The second-order valence-corrected chi connectivity index (χ2v) is 24.3. The van der Waals surface area contributed by atoms with Crippen LogP contribution < -0.4 is 21.2 Å². The lowest BCUT2D eigenvalue weighted by molar-refractivity contribution is 0.693. The molecule has 0 aromatic heterocycles. The molecule has 0 unspecified atom stereocenters. The number of unbranched alkanes of at least 4 members (excludes halogenated alkanes) is 10. The lowest BCUT2D eigenvalue weighted by atomic mass is 9.97. The molecule has 4 rings (SSSR count). The summed E-state index contributed by atoms with van der Waals surface area (Å²) in [5.74, 6) is 0.